The minimum atomic E-state index is -0.439. The summed E-state index contributed by atoms with van der Waals surface area (Å²) in [6.07, 6.45) is 1.50. The molecule has 0 saturated carbocycles. The van der Waals surface area contributed by atoms with Crippen molar-refractivity contribution in [2.75, 3.05) is 12.3 Å². The minimum Gasteiger partial charge on any atom is -0.462 e. The van der Waals surface area contributed by atoms with Crippen molar-refractivity contribution in [1.29, 1.82) is 0 Å². The molecule has 2 aromatic heterocycles. The van der Waals surface area contributed by atoms with Gasteiger partial charge < -0.3 is 10.5 Å². The molecule has 0 aliphatic carbocycles. The molecule has 0 aliphatic heterocycles. The average molecular weight is 296 g/mol. The lowest BCUT2D eigenvalue weighted by Crippen LogP contribution is -2.08. The number of ether oxygens (including phenoxy) is 1. The van der Waals surface area contributed by atoms with E-state index in [-0.39, 0.29) is 0 Å². The molecule has 19 heavy (non-hydrogen) atoms. The van der Waals surface area contributed by atoms with Crippen LogP contribution in [-0.2, 0) is 4.74 Å². The number of nitrogen functional groups attached to an aromatic ring is 1. The molecule has 0 radical (unpaired) electrons. The van der Waals surface area contributed by atoms with Gasteiger partial charge >= 0.3 is 5.97 Å². The summed E-state index contributed by atoms with van der Waals surface area (Å²) in [4.78, 5) is 16.0. The van der Waals surface area contributed by atoms with Gasteiger partial charge in [-0.05, 0) is 31.7 Å². The van der Waals surface area contributed by atoms with Gasteiger partial charge in [0.1, 0.15) is 10.0 Å². The number of esters is 1. The number of nitrogens with zero attached hydrogens (tertiary/aromatic N) is 3. The van der Waals surface area contributed by atoms with Crippen molar-refractivity contribution in [3.63, 3.8) is 0 Å². The molecule has 2 rings (SSSR count). The van der Waals surface area contributed by atoms with Crippen LogP contribution in [0.25, 0.3) is 0 Å². The maximum Gasteiger partial charge on any atom is 0.340 e. The van der Waals surface area contributed by atoms with Gasteiger partial charge in [0.15, 0.2) is 4.34 Å². The summed E-state index contributed by atoms with van der Waals surface area (Å²) in [5.74, 6) is -0.439. The van der Waals surface area contributed by atoms with Gasteiger partial charge in [-0.2, -0.15) is 0 Å². The van der Waals surface area contributed by atoms with Crippen LogP contribution in [0.5, 0.6) is 0 Å². The molecule has 0 unspecified atom stereocenters. The monoisotopic (exact) mass is 296 g/mol. The van der Waals surface area contributed by atoms with Crippen LogP contribution in [-0.4, -0.2) is 27.8 Å². The van der Waals surface area contributed by atoms with E-state index >= 15 is 0 Å². The van der Waals surface area contributed by atoms with Crippen LogP contribution in [0, 0.1) is 6.92 Å². The highest BCUT2D eigenvalue weighted by molar-refractivity contribution is 8.01. The smallest absolute Gasteiger partial charge is 0.340 e. The first-order valence-corrected chi connectivity index (χ1v) is 7.14. The Kier molecular flexibility index (Phi) is 4.33. The number of hydrogen-bond donors (Lipinski definition) is 1. The average Bonchev–Trinajstić information content (AvgIpc) is 2.77. The number of aryl methyl sites for hydroxylation is 1. The van der Waals surface area contributed by atoms with Crippen LogP contribution < -0.4 is 5.73 Å². The SMILES string of the molecule is CCOC(=O)c1cc(N)cnc1Sc1nnc(C)s1. The van der Waals surface area contributed by atoms with E-state index in [1.807, 2.05) is 6.92 Å². The van der Waals surface area contributed by atoms with Crippen molar-refractivity contribution >= 4 is 34.8 Å². The first-order chi connectivity index (χ1) is 9.10. The quantitative estimate of drug-likeness (QED) is 0.864. The predicted octanol–water partition coefficient (Wildman–Crippen LogP) is 2.15. The molecule has 6 nitrogen and oxygen atoms in total. The molecule has 8 heteroatoms. The Balaban J connectivity index is 2.31. The molecule has 0 spiro atoms. The highest BCUT2D eigenvalue weighted by Gasteiger charge is 2.17. The van der Waals surface area contributed by atoms with Gasteiger partial charge in [0, 0.05) is 0 Å². The fourth-order valence-corrected chi connectivity index (χ4v) is 3.09. The molecule has 100 valence electrons. The van der Waals surface area contributed by atoms with E-state index in [2.05, 4.69) is 15.2 Å². The topological polar surface area (TPSA) is 91.0 Å². The molecule has 0 saturated heterocycles. The molecule has 0 aliphatic rings. The van der Waals surface area contributed by atoms with Gasteiger partial charge in [-0.15, -0.1) is 10.2 Å². The Bertz CT molecular complexity index is 600. The molecule has 0 fully saturated rings. The number of anilines is 1. The van der Waals surface area contributed by atoms with E-state index in [4.69, 9.17) is 10.5 Å². The third kappa shape index (κ3) is 3.42. The Morgan fingerprint density at radius 1 is 1.53 bits per heavy atom. The predicted molar refractivity (Wildman–Crippen MR) is 73.4 cm³/mol. The van der Waals surface area contributed by atoms with Gasteiger partial charge in [0.05, 0.1) is 24.1 Å². The zero-order chi connectivity index (χ0) is 13.8. The van der Waals surface area contributed by atoms with E-state index in [0.717, 1.165) is 9.35 Å². The molecule has 0 bridgehead atoms. The van der Waals surface area contributed by atoms with Crippen LogP contribution in [0.2, 0.25) is 0 Å². The van der Waals surface area contributed by atoms with E-state index in [0.29, 0.717) is 22.9 Å². The Labute approximate surface area is 118 Å². The zero-order valence-corrected chi connectivity index (χ0v) is 12.0. The number of rotatable bonds is 4. The van der Waals surface area contributed by atoms with Gasteiger partial charge in [-0.25, -0.2) is 9.78 Å². The number of aromatic nitrogens is 3. The van der Waals surface area contributed by atoms with Crippen LogP contribution in [0.15, 0.2) is 21.6 Å². The summed E-state index contributed by atoms with van der Waals surface area (Å²) in [5.41, 5.74) is 6.42. The molecule has 2 aromatic rings. The summed E-state index contributed by atoms with van der Waals surface area (Å²) < 4.78 is 5.71. The second kappa shape index (κ2) is 5.98. The van der Waals surface area contributed by atoms with Gasteiger partial charge in [-0.3, -0.25) is 0 Å². The lowest BCUT2D eigenvalue weighted by molar-refractivity contribution is 0.0521. The van der Waals surface area contributed by atoms with E-state index in [1.54, 1.807) is 13.0 Å². The summed E-state index contributed by atoms with van der Waals surface area (Å²) in [6, 6.07) is 1.56. The van der Waals surface area contributed by atoms with Gasteiger partial charge in [0.25, 0.3) is 0 Å². The minimum absolute atomic E-state index is 0.301. The van der Waals surface area contributed by atoms with Gasteiger partial charge in [-0.1, -0.05) is 11.3 Å². The second-order valence-corrected chi connectivity index (χ2v) is 5.95. The number of pyridine rings is 1. The molecule has 2 N–H and O–H groups in total. The summed E-state index contributed by atoms with van der Waals surface area (Å²) in [5, 5.41) is 9.28. The number of carbonyl (C=O) groups is 1. The number of hydrogen-bond acceptors (Lipinski definition) is 8. The molecule has 0 aromatic carbocycles. The Morgan fingerprint density at radius 2 is 2.32 bits per heavy atom. The first-order valence-electron chi connectivity index (χ1n) is 5.50. The molecule has 2 heterocycles. The lowest BCUT2D eigenvalue weighted by Gasteiger charge is -2.06. The molecule has 0 amide bonds. The van der Waals surface area contributed by atoms with Crippen LogP contribution in [0.4, 0.5) is 5.69 Å². The molecular weight excluding hydrogens is 284 g/mol. The Hall–Kier alpha value is -1.67. The summed E-state index contributed by atoms with van der Waals surface area (Å²) in [7, 11) is 0. The number of nitrogens with two attached hydrogens (primary N) is 1. The van der Waals surface area contributed by atoms with E-state index in [9.17, 15) is 4.79 Å². The van der Waals surface area contributed by atoms with Crippen molar-refractivity contribution < 1.29 is 9.53 Å². The molecule has 0 atom stereocenters. The normalized spacial score (nSPS) is 10.4. The van der Waals surface area contributed by atoms with Crippen LogP contribution in [0.1, 0.15) is 22.3 Å². The zero-order valence-electron chi connectivity index (χ0n) is 10.4. The second-order valence-electron chi connectivity index (χ2n) is 3.53. The van der Waals surface area contributed by atoms with Crippen molar-refractivity contribution in [3.8, 4) is 0 Å². The van der Waals surface area contributed by atoms with Crippen molar-refractivity contribution in [3.05, 3.63) is 22.8 Å². The lowest BCUT2D eigenvalue weighted by atomic mass is 10.3. The van der Waals surface area contributed by atoms with Crippen molar-refractivity contribution in [2.45, 2.75) is 23.2 Å². The summed E-state index contributed by atoms with van der Waals surface area (Å²) >= 11 is 2.71. The maximum absolute atomic E-state index is 11.8. The van der Waals surface area contributed by atoms with Crippen molar-refractivity contribution in [2.24, 2.45) is 0 Å². The van der Waals surface area contributed by atoms with Crippen LogP contribution in [0.3, 0.4) is 0 Å². The van der Waals surface area contributed by atoms with E-state index in [1.165, 1.54) is 29.3 Å². The Morgan fingerprint density at radius 3 is 2.95 bits per heavy atom. The van der Waals surface area contributed by atoms with Crippen LogP contribution >= 0.6 is 23.1 Å². The largest absolute Gasteiger partial charge is 0.462 e. The maximum atomic E-state index is 11.8. The third-order valence-corrected chi connectivity index (χ3v) is 3.97. The van der Waals surface area contributed by atoms with Gasteiger partial charge in [0.2, 0.25) is 0 Å². The van der Waals surface area contributed by atoms with E-state index < -0.39 is 5.97 Å². The highest BCUT2D eigenvalue weighted by Crippen LogP contribution is 2.31. The third-order valence-electron chi connectivity index (χ3n) is 2.06. The number of carbonyl (C=O) groups excluding carboxylic acids is 1. The van der Waals surface area contributed by atoms with Crippen molar-refractivity contribution in [1.82, 2.24) is 15.2 Å². The first kappa shape index (κ1) is 13.8. The molecular formula is C11H12N4O2S2. The highest BCUT2D eigenvalue weighted by atomic mass is 32.2. The summed E-state index contributed by atoms with van der Waals surface area (Å²) in [6.45, 7) is 3.92. The standard InChI is InChI=1S/C11H12N4O2S2/c1-3-17-10(16)8-4-7(12)5-13-9(8)19-11-15-14-6(2)18-11/h4-5H,3,12H2,1-2H3. The fourth-order valence-electron chi connectivity index (χ4n) is 1.31. The fraction of sp³-hybridized carbons (Fsp3) is 0.273.